The number of hydrogen-bond acceptors (Lipinski definition) is 4. The van der Waals surface area contributed by atoms with Crippen LogP contribution in [-0.2, 0) is 4.79 Å². The van der Waals surface area contributed by atoms with E-state index in [0.717, 1.165) is 18.5 Å². The Hall–Kier alpha value is -2.43. The van der Waals surface area contributed by atoms with E-state index >= 15 is 0 Å². The molecule has 6 nitrogen and oxygen atoms in total. The van der Waals surface area contributed by atoms with Crippen molar-refractivity contribution >= 4 is 16.9 Å². The lowest BCUT2D eigenvalue weighted by atomic mass is 10.0. The van der Waals surface area contributed by atoms with Crippen molar-refractivity contribution in [2.75, 3.05) is 32.7 Å². The van der Waals surface area contributed by atoms with Crippen molar-refractivity contribution in [3.63, 3.8) is 0 Å². The number of nitriles is 1. The van der Waals surface area contributed by atoms with E-state index < -0.39 is 12.0 Å². The van der Waals surface area contributed by atoms with Gasteiger partial charge in [-0.1, -0.05) is 0 Å². The summed E-state index contributed by atoms with van der Waals surface area (Å²) < 4.78 is 13.3. The summed E-state index contributed by atoms with van der Waals surface area (Å²) in [6.45, 7) is 3.44. The third kappa shape index (κ3) is 3.25. The smallest absolute Gasteiger partial charge is 0.325 e. The van der Waals surface area contributed by atoms with Gasteiger partial charge in [-0.3, -0.25) is 14.6 Å². The van der Waals surface area contributed by atoms with Gasteiger partial charge in [0, 0.05) is 61.8 Å². The number of carbonyl (C=O) groups is 1. The van der Waals surface area contributed by atoms with Crippen LogP contribution in [0.15, 0.2) is 24.4 Å². The van der Waals surface area contributed by atoms with Crippen LogP contribution >= 0.6 is 0 Å². The van der Waals surface area contributed by atoms with Gasteiger partial charge in [0.1, 0.15) is 11.9 Å². The van der Waals surface area contributed by atoms with E-state index in [2.05, 4.69) is 16.0 Å². The molecule has 0 saturated carbocycles. The molecule has 1 aromatic heterocycles. The van der Waals surface area contributed by atoms with E-state index in [1.807, 2.05) is 4.90 Å². The highest BCUT2D eigenvalue weighted by molar-refractivity contribution is 5.89. The molecule has 1 unspecified atom stereocenters. The standard InChI is InChI=1S/C17H19FN4O2/c18-12-2-3-13-14(11-20-15(13)10-12)16(17(23)24)22-8-6-21(7-9-22)5-1-4-19/h2-3,10-11,16,20H,1,5-9H2,(H,23,24). The highest BCUT2D eigenvalue weighted by atomic mass is 19.1. The maximum Gasteiger partial charge on any atom is 0.325 e. The Morgan fingerprint density at radius 3 is 2.79 bits per heavy atom. The van der Waals surface area contributed by atoms with Gasteiger partial charge in [-0.2, -0.15) is 5.26 Å². The Bertz CT molecular complexity index is 774. The molecule has 7 heteroatoms. The molecular formula is C17H19FN4O2. The molecule has 0 bridgehead atoms. The molecule has 1 aromatic carbocycles. The quantitative estimate of drug-likeness (QED) is 0.876. The Morgan fingerprint density at radius 2 is 2.12 bits per heavy atom. The molecule has 0 aliphatic carbocycles. The molecule has 0 radical (unpaired) electrons. The van der Waals surface area contributed by atoms with Crippen LogP contribution < -0.4 is 0 Å². The summed E-state index contributed by atoms with van der Waals surface area (Å²) in [5, 5.41) is 19.1. The molecule has 1 fully saturated rings. The van der Waals surface area contributed by atoms with E-state index in [1.165, 1.54) is 12.1 Å². The zero-order valence-electron chi connectivity index (χ0n) is 13.2. The van der Waals surface area contributed by atoms with E-state index in [0.29, 0.717) is 37.1 Å². The summed E-state index contributed by atoms with van der Waals surface area (Å²) in [5.74, 6) is -1.26. The number of H-pyrrole nitrogens is 1. The van der Waals surface area contributed by atoms with E-state index in [9.17, 15) is 14.3 Å². The number of carboxylic acids is 1. The molecule has 2 N–H and O–H groups in total. The maximum absolute atomic E-state index is 13.3. The van der Waals surface area contributed by atoms with Crippen LogP contribution in [0.25, 0.3) is 10.9 Å². The predicted molar refractivity (Wildman–Crippen MR) is 86.9 cm³/mol. The van der Waals surface area contributed by atoms with Gasteiger partial charge in [0.15, 0.2) is 0 Å². The van der Waals surface area contributed by atoms with Crippen molar-refractivity contribution in [3.05, 3.63) is 35.8 Å². The first-order valence-electron chi connectivity index (χ1n) is 7.93. The van der Waals surface area contributed by atoms with Gasteiger partial charge in [0.2, 0.25) is 0 Å². The second kappa shape index (κ2) is 6.99. The summed E-state index contributed by atoms with van der Waals surface area (Å²) in [6.07, 6.45) is 2.14. The highest BCUT2D eigenvalue weighted by Gasteiger charge is 2.32. The van der Waals surface area contributed by atoms with Crippen molar-refractivity contribution in [2.24, 2.45) is 0 Å². The molecule has 1 atom stereocenters. The number of carboxylic acid groups (broad SMARTS) is 1. The van der Waals surface area contributed by atoms with Gasteiger partial charge >= 0.3 is 5.97 Å². The van der Waals surface area contributed by atoms with Crippen molar-refractivity contribution in [1.82, 2.24) is 14.8 Å². The number of aliphatic carboxylic acids is 1. The van der Waals surface area contributed by atoms with Crippen molar-refractivity contribution in [3.8, 4) is 6.07 Å². The molecular weight excluding hydrogens is 311 g/mol. The summed E-state index contributed by atoms with van der Waals surface area (Å²) in [6, 6.07) is 5.71. The molecule has 0 spiro atoms. The van der Waals surface area contributed by atoms with E-state index in [-0.39, 0.29) is 5.82 Å². The lowest BCUT2D eigenvalue weighted by molar-refractivity contribution is -0.144. The minimum atomic E-state index is -0.911. The lowest BCUT2D eigenvalue weighted by Gasteiger charge is -2.37. The van der Waals surface area contributed by atoms with Gasteiger partial charge < -0.3 is 10.1 Å². The molecule has 3 rings (SSSR count). The molecule has 1 aliphatic heterocycles. The van der Waals surface area contributed by atoms with Crippen LogP contribution in [0.4, 0.5) is 4.39 Å². The number of aromatic nitrogens is 1. The third-order valence-corrected chi connectivity index (χ3v) is 4.52. The van der Waals surface area contributed by atoms with E-state index in [1.54, 1.807) is 12.3 Å². The van der Waals surface area contributed by atoms with Crippen molar-refractivity contribution in [2.45, 2.75) is 12.5 Å². The zero-order chi connectivity index (χ0) is 17.1. The van der Waals surface area contributed by atoms with Crippen LogP contribution in [0, 0.1) is 17.1 Å². The van der Waals surface area contributed by atoms with E-state index in [4.69, 9.17) is 5.26 Å². The fraction of sp³-hybridized carbons (Fsp3) is 0.412. The molecule has 1 saturated heterocycles. The summed E-state index contributed by atoms with van der Waals surface area (Å²) in [5.41, 5.74) is 1.26. The number of nitrogens with one attached hydrogen (secondary N) is 1. The minimum Gasteiger partial charge on any atom is -0.480 e. The topological polar surface area (TPSA) is 83.4 Å². The Balaban J connectivity index is 1.81. The van der Waals surface area contributed by atoms with Gasteiger partial charge in [-0.25, -0.2) is 4.39 Å². The number of fused-ring (bicyclic) bond motifs is 1. The summed E-state index contributed by atoms with van der Waals surface area (Å²) in [7, 11) is 0. The van der Waals surface area contributed by atoms with Crippen LogP contribution in [0.3, 0.4) is 0 Å². The number of benzene rings is 1. The van der Waals surface area contributed by atoms with Gasteiger partial charge in [0.25, 0.3) is 0 Å². The average molecular weight is 330 g/mol. The number of hydrogen-bond donors (Lipinski definition) is 2. The number of aromatic amines is 1. The van der Waals surface area contributed by atoms with Crippen LogP contribution in [0.1, 0.15) is 18.0 Å². The van der Waals surface area contributed by atoms with Crippen LogP contribution in [-0.4, -0.2) is 58.6 Å². The first kappa shape index (κ1) is 16.4. The van der Waals surface area contributed by atoms with Gasteiger partial charge in [-0.15, -0.1) is 0 Å². The van der Waals surface area contributed by atoms with Crippen LogP contribution in [0.5, 0.6) is 0 Å². The minimum absolute atomic E-state index is 0.353. The molecule has 24 heavy (non-hydrogen) atoms. The normalized spacial score (nSPS) is 17.7. The van der Waals surface area contributed by atoms with Crippen molar-refractivity contribution < 1.29 is 14.3 Å². The summed E-state index contributed by atoms with van der Waals surface area (Å²) in [4.78, 5) is 18.9. The lowest BCUT2D eigenvalue weighted by Crippen LogP contribution is -2.49. The fourth-order valence-electron chi connectivity index (χ4n) is 3.29. The Kier molecular flexibility index (Phi) is 4.79. The SMILES string of the molecule is N#CCCN1CCN(C(C(=O)O)c2c[nH]c3cc(F)ccc23)CC1. The Labute approximate surface area is 139 Å². The summed E-state index contributed by atoms with van der Waals surface area (Å²) >= 11 is 0. The highest BCUT2D eigenvalue weighted by Crippen LogP contribution is 2.30. The van der Waals surface area contributed by atoms with Gasteiger partial charge in [0.05, 0.1) is 6.07 Å². The second-order valence-corrected chi connectivity index (χ2v) is 5.96. The fourth-order valence-corrected chi connectivity index (χ4v) is 3.29. The number of piperazine rings is 1. The van der Waals surface area contributed by atoms with Crippen molar-refractivity contribution in [1.29, 1.82) is 5.26 Å². The monoisotopic (exact) mass is 330 g/mol. The Morgan fingerprint density at radius 1 is 1.38 bits per heavy atom. The maximum atomic E-state index is 13.3. The van der Waals surface area contributed by atoms with Gasteiger partial charge in [-0.05, 0) is 18.2 Å². The number of nitrogens with zero attached hydrogens (tertiary/aromatic N) is 3. The molecule has 126 valence electrons. The average Bonchev–Trinajstić information content (AvgIpc) is 2.97. The first-order valence-corrected chi connectivity index (χ1v) is 7.93. The number of halogens is 1. The molecule has 1 aliphatic rings. The third-order valence-electron chi connectivity index (χ3n) is 4.52. The van der Waals surface area contributed by atoms with Crippen LogP contribution in [0.2, 0.25) is 0 Å². The molecule has 0 amide bonds. The zero-order valence-corrected chi connectivity index (χ0v) is 13.2. The first-order chi connectivity index (χ1) is 11.6. The predicted octanol–water partition coefficient (Wildman–Crippen LogP) is 1.96. The second-order valence-electron chi connectivity index (χ2n) is 5.96. The molecule has 2 aromatic rings. The molecule has 2 heterocycles. The number of rotatable bonds is 5. The largest absolute Gasteiger partial charge is 0.480 e.